The minimum atomic E-state index is -0.250. The van der Waals surface area contributed by atoms with Crippen LogP contribution in [-0.2, 0) is 0 Å². The molecule has 0 amide bonds. The van der Waals surface area contributed by atoms with Gasteiger partial charge in [0.25, 0.3) is 0 Å². The van der Waals surface area contributed by atoms with Gasteiger partial charge >= 0.3 is 0 Å². The molecule has 0 radical (unpaired) electrons. The van der Waals surface area contributed by atoms with Gasteiger partial charge in [0.1, 0.15) is 0 Å². The van der Waals surface area contributed by atoms with Crippen LogP contribution in [0, 0.1) is 22.7 Å². The van der Waals surface area contributed by atoms with Gasteiger partial charge in [-0.3, -0.25) is 0 Å². The Kier molecular flexibility index (Phi) is 2.20. The lowest BCUT2D eigenvalue weighted by molar-refractivity contribution is -0.193. The first kappa shape index (κ1) is 10.4. The highest BCUT2D eigenvalue weighted by Gasteiger charge is 2.58. The van der Waals surface area contributed by atoms with Gasteiger partial charge in [0.05, 0.1) is 6.10 Å². The Bertz CT molecular complexity index is 236. The predicted molar refractivity (Wildman–Crippen MR) is 55.8 cm³/mol. The van der Waals surface area contributed by atoms with Gasteiger partial charge in [-0.1, -0.05) is 20.8 Å². The summed E-state index contributed by atoms with van der Waals surface area (Å²) in [5.74, 6) is 0.903. The molecule has 0 aliphatic heterocycles. The third kappa shape index (κ3) is 1.10. The summed E-state index contributed by atoms with van der Waals surface area (Å²) in [5, 5.41) is 19.7. The first-order chi connectivity index (χ1) is 6.43. The maximum atomic E-state index is 10.4. The van der Waals surface area contributed by atoms with Crippen LogP contribution in [0.2, 0.25) is 0 Å². The van der Waals surface area contributed by atoms with Crippen molar-refractivity contribution in [3.05, 3.63) is 0 Å². The van der Waals surface area contributed by atoms with E-state index in [0.717, 1.165) is 12.8 Å². The summed E-state index contributed by atoms with van der Waals surface area (Å²) in [6.07, 6.45) is 3.14. The first-order valence-electron chi connectivity index (χ1n) is 5.72. The Labute approximate surface area is 86.3 Å². The summed E-state index contributed by atoms with van der Waals surface area (Å²) in [6.45, 7) is 6.73. The average Bonchev–Trinajstić information content (AvgIpc) is 2.14. The van der Waals surface area contributed by atoms with Crippen molar-refractivity contribution in [1.29, 1.82) is 0 Å². The molecule has 0 aromatic heterocycles. The van der Waals surface area contributed by atoms with Gasteiger partial charge in [-0.15, -0.1) is 0 Å². The van der Waals surface area contributed by atoms with Gasteiger partial charge in [-0.25, -0.2) is 0 Å². The predicted octanol–water partition coefficient (Wildman–Crippen LogP) is 1.80. The van der Waals surface area contributed by atoms with Crippen LogP contribution >= 0.6 is 0 Å². The topological polar surface area (TPSA) is 40.5 Å². The van der Waals surface area contributed by atoms with Crippen molar-refractivity contribution >= 4 is 0 Å². The van der Waals surface area contributed by atoms with Crippen LogP contribution in [-0.4, -0.2) is 22.9 Å². The number of fused-ring (bicyclic) bond motifs is 3. The normalized spacial score (nSPS) is 50.8. The Morgan fingerprint density at radius 2 is 1.93 bits per heavy atom. The van der Waals surface area contributed by atoms with E-state index >= 15 is 0 Å². The van der Waals surface area contributed by atoms with Crippen molar-refractivity contribution in [2.75, 3.05) is 6.61 Å². The molecular weight excluding hydrogens is 176 g/mol. The van der Waals surface area contributed by atoms with Gasteiger partial charge in [-0.2, -0.15) is 0 Å². The summed E-state index contributed by atoms with van der Waals surface area (Å²) >= 11 is 0. The molecule has 0 spiro atoms. The molecule has 2 heteroatoms. The first-order valence-corrected chi connectivity index (χ1v) is 5.72. The molecule has 0 heterocycles. The summed E-state index contributed by atoms with van der Waals surface area (Å²) < 4.78 is 0. The van der Waals surface area contributed by atoms with Crippen molar-refractivity contribution < 1.29 is 10.2 Å². The minimum absolute atomic E-state index is 0.0403. The Morgan fingerprint density at radius 3 is 2.50 bits per heavy atom. The molecule has 2 N–H and O–H groups in total. The van der Waals surface area contributed by atoms with Crippen molar-refractivity contribution in [1.82, 2.24) is 0 Å². The zero-order chi connectivity index (χ0) is 10.6. The van der Waals surface area contributed by atoms with Gasteiger partial charge in [0, 0.05) is 6.61 Å². The van der Waals surface area contributed by atoms with E-state index in [1.54, 1.807) is 0 Å². The summed E-state index contributed by atoms with van der Waals surface area (Å²) in [4.78, 5) is 0. The SMILES string of the molecule is CC1(C)C(O)[C@@]2(C)CC[C@@H]1C[C@H]2CO. The number of rotatable bonds is 1. The zero-order valence-corrected chi connectivity index (χ0v) is 9.45. The van der Waals surface area contributed by atoms with Crippen molar-refractivity contribution in [2.45, 2.75) is 46.1 Å². The van der Waals surface area contributed by atoms with E-state index in [0.29, 0.717) is 11.8 Å². The van der Waals surface area contributed by atoms with E-state index in [1.165, 1.54) is 6.42 Å². The van der Waals surface area contributed by atoms with Crippen molar-refractivity contribution in [2.24, 2.45) is 22.7 Å². The molecule has 3 saturated carbocycles. The second-order valence-electron chi connectivity index (χ2n) is 6.08. The third-order valence-corrected chi connectivity index (χ3v) is 5.14. The Balaban J connectivity index is 2.33. The second kappa shape index (κ2) is 2.96. The van der Waals surface area contributed by atoms with Crippen LogP contribution in [0.1, 0.15) is 40.0 Å². The lowest BCUT2D eigenvalue weighted by Crippen LogP contribution is -2.60. The standard InChI is InChI=1S/C12H22O2/c1-11(2)8-4-5-12(3,10(11)14)9(6-8)7-13/h8-10,13-14H,4-7H2,1-3H3/t8-,9+,10?,12+/m1/s1. The van der Waals surface area contributed by atoms with E-state index in [-0.39, 0.29) is 23.5 Å². The van der Waals surface area contributed by atoms with Crippen LogP contribution in [0.15, 0.2) is 0 Å². The molecule has 0 aromatic carbocycles. The fourth-order valence-electron chi connectivity index (χ4n) is 3.81. The van der Waals surface area contributed by atoms with E-state index < -0.39 is 0 Å². The van der Waals surface area contributed by atoms with Gasteiger partial charge in [-0.05, 0) is 41.9 Å². The number of hydrogen-bond donors (Lipinski definition) is 2. The van der Waals surface area contributed by atoms with Crippen molar-refractivity contribution in [3.63, 3.8) is 0 Å². The van der Waals surface area contributed by atoms with Crippen LogP contribution in [0.25, 0.3) is 0 Å². The lowest BCUT2D eigenvalue weighted by atomic mass is 9.46. The number of aliphatic hydroxyl groups excluding tert-OH is 2. The highest BCUT2D eigenvalue weighted by molar-refractivity contribution is 5.07. The zero-order valence-electron chi connectivity index (χ0n) is 9.45. The summed E-state index contributed by atoms with van der Waals surface area (Å²) in [5.41, 5.74) is -0.00826. The van der Waals surface area contributed by atoms with Gasteiger partial charge < -0.3 is 10.2 Å². The molecule has 1 unspecified atom stereocenters. The number of hydrogen-bond acceptors (Lipinski definition) is 2. The fraction of sp³-hybridized carbons (Fsp3) is 1.00. The largest absolute Gasteiger partial charge is 0.396 e. The molecule has 2 nitrogen and oxygen atoms in total. The lowest BCUT2D eigenvalue weighted by Gasteiger charge is -2.61. The van der Waals surface area contributed by atoms with E-state index in [9.17, 15) is 10.2 Å². The summed E-state index contributed by atoms with van der Waals surface area (Å²) in [7, 11) is 0. The van der Waals surface area contributed by atoms with Gasteiger partial charge in [0.2, 0.25) is 0 Å². The van der Waals surface area contributed by atoms with Crippen LogP contribution < -0.4 is 0 Å². The quantitative estimate of drug-likeness (QED) is 0.674. The van der Waals surface area contributed by atoms with E-state index in [4.69, 9.17) is 0 Å². The maximum Gasteiger partial charge on any atom is 0.0650 e. The molecular formula is C12H22O2. The Morgan fingerprint density at radius 1 is 1.29 bits per heavy atom. The molecule has 82 valence electrons. The Hall–Kier alpha value is -0.0800. The smallest absolute Gasteiger partial charge is 0.0650 e. The maximum absolute atomic E-state index is 10.4. The number of aliphatic hydroxyl groups is 2. The van der Waals surface area contributed by atoms with Gasteiger partial charge in [0.15, 0.2) is 0 Å². The second-order valence-corrected chi connectivity index (χ2v) is 6.08. The van der Waals surface area contributed by atoms with E-state index in [1.807, 2.05) is 0 Å². The van der Waals surface area contributed by atoms with Crippen LogP contribution in [0.4, 0.5) is 0 Å². The summed E-state index contributed by atoms with van der Waals surface area (Å²) in [6, 6.07) is 0. The van der Waals surface area contributed by atoms with Crippen LogP contribution in [0.3, 0.4) is 0 Å². The van der Waals surface area contributed by atoms with Crippen LogP contribution in [0.5, 0.6) is 0 Å². The molecule has 3 fully saturated rings. The third-order valence-electron chi connectivity index (χ3n) is 5.14. The molecule has 3 aliphatic carbocycles. The molecule has 2 bridgehead atoms. The van der Waals surface area contributed by atoms with E-state index in [2.05, 4.69) is 20.8 Å². The highest BCUT2D eigenvalue weighted by atomic mass is 16.3. The molecule has 0 aromatic rings. The molecule has 3 rings (SSSR count). The highest BCUT2D eigenvalue weighted by Crippen LogP contribution is 2.60. The molecule has 14 heavy (non-hydrogen) atoms. The minimum Gasteiger partial charge on any atom is -0.396 e. The monoisotopic (exact) mass is 198 g/mol. The molecule has 4 atom stereocenters. The van der Waals surface area contributed by atoms with Crippen molar-refractivity contribution in [3.8, 4) is 0 Å². The molecule has 0 saturated heterocycles. The average molecular weight is 198 g/mol. The fourth-order valence-corrected chi connectivity index (χ4v) is 3.81. The molecule has 3 aliphatic rings.